The van der Waals surface area contributed by atoms with Crippen LogP contribution in [0.1, 0.15) is 10.5 Å². The minimum atomic E-state index is -0.659. The van der Waals surface area contributed by atoms with Crippen molar-refractivity contribution in [3.05, 3.63) is 11.9 Å². The molecule has 0 aliphatic heterocycles. The van der Waals surface area contributed by atoms with Gasteiger partial charge in [-0.05, 0) is 0 Å². The highest BCUT2D eigenvalue weighted by Gasteiger charge is 2.06. The van der Waals surface area contributed by atoms with Crippen LogP contribution in [0.4, 0.5) is 0 Å². The maximum Gasteiger partial charge on any atom is 0.296 e. The molecule has 0 atom stereocenters. The predicted octanol–water partition coefficient (Wildman–Crippen LogP) is -1.07. The van der Waals surface area contributed by atoms with Crippen molar-refractivity contribution in [2.75, 3.05) is 0 Å². The van der Waals surface area contributed by atoms with Gasteiger partial charge in [-0.25, -0.2) is 5.48 Å². The molecule has 0 bridgehead atoms. The van der Waals surface area contributed by atoms with Crippen LogP contribution < -0.4 is 5.48 Å². The summed E-state index contributed by atoms with van der Waals surface area (Å²) >= 11 is 0. The maximum absolute atomic E-state index is 10.5. The summed E-state index contributed by atoms with van der Waals surface area (Å²) in [6.45, 7) is 0. The fraction of sp³-hybridized carbons (Fsp3) is 0.250. The Kier molecular flexibility index (Phi) is 1.63. The van der Waals surface area contributed by atoms with Crippen molar-refractivity contribution in [2.45, 2.75) is 0 Å². The lowest BCUT2D eigenvalue weighted by atomic mass is 10.5. The molecule has 6 nitrogen and oxygen atoms in total. The van der Waals surface area contributed by atoms with Crippen molar-refractivity contribution in [1.82, 2.24) is 20.5 Å². The number of hydrogen-bond acceptors (Lipinski definition) is 4. The smallest absolute Gasteiger partial charge is 0.288 e. The van der Waals surface area contributed by atoms with Gasteiger partial charge in [0.2, 0.25) is 0 Å². The number of amides is 1. The number of carbonyl (C=O) groups excluding carboxylic acids is 1. The molecule has 0 aliphatic carbocycles. The van der Waals surface area contributed by atoms with E-state index in [4.69, 9.17) is 5.21 Å². The first kappa shape index (κ1) is 6.69. The van der Waals surface area contributed by atoms with Crippen LogP contribution >= 0.6 is 0 Å². The molecule has 0 spiro atoms. The fourth-order valence-electron chi connectivity index (χ4n) is 0.507. The topological polar surface area (TPSA) is 80.0 Å². The van der Waals surface area contributed by atoms with E-state index >= 15 is 0 Å². The van der Waals surface area contributed by atoms with Crippen LogP contribution in [-0.2, 0) is 7.05 Å². The summed E-state index contributed by atoms with van der Waals surface area (Å²) in [5.41, 5.74) is 1.53. The van der Waals surface area contributed by atoms with Crippen molar-refractivity contribution in [1.29, 1.82) is 0 Å². The third-order valence-electron chi connectivity index (χ3n) is 0.934. The Labute approximate surface area is 56.4 Å². The summed E-state index contributed by atoms with van der Waals surface area (Å²) < 4.78 is 0. The first-order valence-electron chi connectivity index (χ1n) is 2.55. The molecule has 1 aromatic rings. The van der Waals surface area contributed by atoms with Gasteiger partial charge in [0.15, 0.2) is 5.69 Å². The highest BCUT2D eigenvalue weighted by molar-refractivity contribution is 5.90. The van der Waals surface area contributed by atoms with E-state index in [0.29, 0.717) is 0 Å². The quantitative estimate of drug-likeness (QED) is 0.386. The number of hydroxylamine groups is 1. The van der Waals surface area contributed by atoms with Gasteiger partial charge < -0.3 is 0 Å². The Balaban J connectivity index is 2.85. The standard InChI is InChI=1S/C4H6N4O2/c1-8-5-2-3(6-8)4(9)7-10/h2,10H,1H3,(H,7,9). The normalized spacial score (nSPS) is 9.40. The number of nitrogens with one attached hydrogen (secondary N) is 1. The third-order valence-corrected chi connectivity index (χ3v) is 0.934. The van der Waals surface area contributed by atoms with Crippen LogP contribution in [0.25, 0.3) is 0 Å². The van der Waals surface area contributed by atoms with Gasteiger partial charge in [-0.3, -0.25) is 10.0 Å². The number of nitrogens with zero attached hydrogens (tertiary/aromatic N) is 3. The molecule has 6 heteroatoms. The van der Waals surface area contributed by atoms with Gasteiger partial charge in [-0.15, -0.1) is 5.10 Å². The van der Waals surface area contributed by atoms with E-state index in [2.05, 4.69) is 10.2 Å². The molecule has 10 heavy (non-hydrogen) atoms. The number of hydrogen-bond donors (Lipinski definition) is 2. The van der Waals surface area contributed by atoms with Crippen LogP contribution in [0.3, 0.4) is 0 Å². The Hall–Kier alpha value is -1.43. The van der Waals surface area contributed by atoms with E-state index in [0.717, 1.165) is 0 Å². The number of aryl methyl sites for hydroxylation is 1. The third kappa shape index (κ3) is 1.11. The number of aromatic nitrogens is 3. The van der Waals surface area contributed by atoms with Crippen LogP contribution in [0, 0.1) is 0 Å². The Morgan fingerprint density at radius 1 is 1.90 bits per heavy atom. The first-order valence-corrected chi connectivity index (χ1v) is 2.55. The van der Waals surface area contributed by atoms with Gasteiger partial charge in [-0.1, -0.05) is 0 Å². The lowest BCUT2D eigenvalue weighted by Crippen LogP contribution is -2.19. The van der Waals surface area contributed by atoms with Gasteiger partial charge in [-0.2, -0.15) is 9.90 Å². The summed E-state index contributed by atoms with van der Waals surface area (Å²) in [7, 11) is 1.58. The molecule has 1 heterocycles. The molecule has 0 aromatic carbocycles. The molecular formula is C4H6N4O2. The maximum atomic E-state index is 10.5. The molecule has 0 saturated carbocycles. The summed E-state index contributed by atoms with van der Waals surface area (Å²) in [4.78, 5) is 11.8. The van der Waals surface area contributed by atoms with Gasteiger partial charge in [0, 0.05) is 7.05 Å². The zero-order valence-electron chi connectivity index (χ0n) is 5.27. The van der Waals surface area contributed by atoms with Crippen LogP contribution in [-0.4, -0.2) is 26.1 Å². The molecule has 1 aromatic heterocycles. The summed E-state index contributed by atoms with van der Waals surface area (Å²) in [5, 5.41) is 15.4. The average molecular weight is 142 g/mol. The highest BCUT2D eigenvalue weighted by atomic mass is 16.5. The van der Waals surface area contributed by atoms with E-state index in [1.807, 2.05) is 0 Å². The summed E-state index contributed by atoms with van der Waals surface area (Å²) in [6, 6.07) is 0. The zero-order valence-corrected chi connectivity index (χ0v) is 5.27. The Bertz CT molecular complexity index is 243. The second-order valence-electron chi connectivity index (χ2n) is 1.66. The highest BCUT2D eigenvalue weighted by Crippen LogP contribution is 1.87. The van der Waals surface area contributed by atoms with E-state index in [9.17, 15) is 4.79 Å². The second kappa shape index (κ2) is 2.44. The fourth-order valence-corrected chi connectivity index (χ4v) is 0.507. The van der Waals surface area contributed by atoms with E-state index in [1.165, 1.54) is 16.5 Å². The zero-order chi connectivity index (χ0) is 7.56. The molecule has 0 unspecified atom stereocenters. The monoisotopic (exact) mass is 142 g/mol. The van der Waals surface area contributed by atoms with E-state index in [-0.39, 0.29) is 5.69 Å². The van der Waals surface area contributed by atoms with E-state index in [1.54, 1.807) is 7.05 Å². The Morgan fingerprint density at radius 2 is 2.60 bits per heavy atom. The van der Waals surface area contributed by atoms with Gasteiger partial charge >= 0.3 is 0 Å². The van der Waals surface area contributed by atoms with Gasteiger partial charge in [0.05, 0.1) is 6.20 Å². The number of rotatable bonds is 1. The molecule has 54 valence electrons. The number of carbonyl (C=O) groups is 1. The largest absolute Gasteiger partial charge is 0.296 e. The molecule has 1 rings (SSSR count). The second-order valence-corrected chi connectivity index (χ2v) is 1.66. The summed E-state index contributed by atoms with van der Waals surface area (Å²) in [6.07, 6.45) is 1.26. The minimum absolute atomic E-state index is 0.0880. The molecule has 0 saturated heterocycles. The lowest BCUT2D eigenvalue weighted by Gasteiger charge is -1.88. The SMILES string of the molecule is Cn1ncc(C(=O)NO)n1. The summed E-state index contributed by atoms with van der Waals surface area (Å²) in [5.74, 6) is -0.659. The van der Waals surface area contributed by atoms with Crippen molar-refractivity contribution >= 4 is 5.91 Å². The molecular weight excluding hydrogens is 136 g/mol. The predicted molar refractivity (Wildman–Crippen MR) is 30.3 cm³/mol. The molecule has 0 fully saturated rings. The van der Waals surface area contributed by atoms with Crippen LogP contribution in [0.15, 0.2) is 6.20 Å². The minimum Gasteiger partial charge on any atom is -0.288 e. The van der Waals surface area contributed by atoms with Crippen molar-refractivity contribution in [2.24, 2.45) is 7.05 Å². The van der Waals surface area contributed by atoms with Crippen molar-refractivity contribution in [3.8, 4) is 0 Å². The molecule has 1 amide bonds. The lowest BCUT2D eigenvalue weighted by molar-refractivity contribution is 0.0700. The molecule has 0 aliphatic rings. The molecule has 2 N–H and O–H groups in total. The van der Waals surface area contributed by atoms with Gasteiger partial charge in [0.1, 0.15) is 0 Å². The first-order chi connectivity index (χ1) is 4.74. The van der Waals surface area contributed by atoms with Crippen molar-refractivity contribution < 1.29 is 10.0 Å². The molecule has 0 radical (unpaired) electrons. The average Bonchev–Trinajstić information content (AvgIpc) is 2.34. The van der Waals surface area contributed by atoms with Crippen LogP contribution in [0.5, 0.6) is 0 Å². The van der Waals surface area contributed by atoms with E-state index < -0.39 is 5.91 Å². The van der Waals surface area contributed by atoms with Crippen molar-refractivity contribution in [3.63, 3.8) is 0 Å². The Morgan fingerprint density at radius 3 is 3.00 bits per heavy atom. The van der Waals surface area contributed by atoms with Gasteiger partial charge in [0.25, 0.3) is 5.91 Å². The van der Waals surface area contributed by atoms with Crippen LogP contribution in [0.2, 0.25) is 0 Å².